The fraction of sp³-hybridized carbons (Fsp3) is 0.167. The molecule has 3 heterocycles. The van der Waals surface area contributed by atoms with Crippen molar-refractivity contribution in [1.29, 1.82) is 0 Å². The van der Waals surface area contributed by atoms with Gasteiger partial charge in [-0.15, -0.1) is 0 Å². The smallest absolute Gasteiger partial charge is 0.245 e. The fourth-order valence-corrected chi connectivity index (χ4v) is 2.35. The van der Waals surface area contributed by atoms with Gasteiger partial charge in [-0.25, -0.2) is 14.6 Å². The molecular formula is C12H9N5O2. The third-order valence-corrected chi connectivity index (χ3v) is 3.13. The van der Waals surface area contributed by atoms with Gasteiger partial charge in [-0.05, 0) is 16.4 Å². The summed E-state index contributed by atoms with van der Waals surface area (Å²) in [5.41, 5.74) is 3.16. The molecule has 0 amide bonds. The first-order valence-corrected chi connectivity index (χ1v) is 5.86. The highest BCUT2D eigenvalue weighted by Crippen LogP contribution is 2.27. The molecule has 94 valence electrons. The quantitative estimate of drug-likeness (QED) is 0.577. The van der Waals surface area contributed by atoms with E-state index in [1.54, 1.807) is 0 Å². The molecule has 4 rings (SSSR count). The first-order valence-electron chi connectivity index (χ1n) is 5.86. The van der Waals surface area contributed by atoms with E-state index < -0.39 is 0 Å². The molecule has 0 radical (unpaired) electrons. The van der Waals surface area contributed by atoms with Crippen LogP contribution in [0.5, 0.6) is 0 Å². The van der Waals surface area contributed by atoms with Crippen molar-refractivity contribution in [2.24, 2.45) is 0 Å². The molecule has 19 heavy (non-hydrogen) atoms. The number of benzene rings is 1. The van der Waals surface area contributed by atoms with Crippen LogP contribution in [-0.2, 0) is 6.54 Å². The number of aliphatic hydroxyl groups excluding tert-OH is 1. The van der Waals surface area contributed by atoms with Gasteiger partial charge in [0.15, 0.2) is 5.65 Å². The van der Waals surface area contributed by atoms with Crippen LogP contribution in [0.15, 0.2) is 28.9 Å². The van der Waals surface area contributed by atoms with E-state index in [1.165, 1.54) is 0 Å². The van der Waals surface area contributed by atoms with E-state index in [1.807, 2.05) is 28.8 Å². The molecule has 3 aromatic heterocycles. The average molecular weight is 255 g/mol. The van der Waals surface area contributed by atoms with Crippen molar-refractivity contribution in [2.75, 3.05) is 6.61 Å². The molecular weight excluding hydrogens is 246 g/mol. The molecule has 0 aliphatic heterocycles. The van der Waals surface area contributed by atoms with Crippen LogP contribution in [0.2, 0.25) is 0 Å². The first-order chi connectivity index (χ1) is 9.38. The zero-order chi connectivity index (χ0) is 12.8. The minimum absolute atomic E-state index is 0.0323. The van der Waals surface area contributed by atoms with E-state index in [4.69, 9.17) is 0 Å². The van der Waals surface area contributed by atoms with Crippen LogP contribution >= 0.6 is 0 Å². The first kappa shape index (κ1) is 10.4. The second kappa shape index (κ2) is 3.72. The minimum Gasteiger partial charge on any atom is -0.395 e. The molecule has 0 saturated carbocycles. The van der Waals surface area contributed by atoms with Crippen molar-refractivity contribution in [3.05, 3.63) is 24.3 Å². The predicted octanol–water partition coefficient (Wildman–Crippen LogP) is 1.11. The molecule has 0 saturated heterocycles. The van der Waals surface area contributed by atoms with E-state index in [0.717, 1.165) is 16.4 Å². The number of fused-ring (bicyclic) bond motifs is 4. The Hall–Kier alpha value is -2.54. The third kappa shape index (κ3) is 1.36. The Morgan fingerprint density at radius 2 is 1.89 bits per heavy atom. The van der Waals surface area contributed by atoms with Crippen LogP contribution in [0, 0.1) is 0 Å². The second-order valence-electron chi connectivity index (χ2n) is 4.20. The highest BCUT2D eigenvalue weighted by molar-refractivity contribution is 6.05. The van der Waals surface area contributed by atoms with Gasteiger partial charge in [-0.2, -0.15) is 0 Å². The maximum atomic E-state index is 9.21. The molecule has 0 aliphatic carbocycles. The summed E-state index contributed by atoms with van der Waals surface area (Å²) in [5, 5.41) is 17.6. The number of rotatable bonds is 2. The fourth-order valence-electron chi connectivity index (χ4n) is 2.35. The van der Waals surface area contributed by atoms with Gasteiger partial charge in [0.2, 0.25) is 11.3 Å². The molecule has 0 unspecified atom stereocenters. The van der Waals surface area contributed by atoms with Gasteiger partial charge in [0.05, 0.1) is 12.1 Å². The third-order valence-electron chi connectivity index (χ3n) is 3.13. The van der Waals surface area contributed by atoms with Crippen LogP contribution in [0.1, 0.15) is 0 Å². The maximum Gasteiger partial charge on any atom is 0.245 e. The molecule has 0 aliphatic rings. The summed E-state index contributed by atoms with van der Waals surface area (Å²) in [5.74, 6) is 0. The molecule has 7 heteroatoms. The average Bonchev–Trinajstić information content (AvgIpc) is 3.01. The number of aliphatic hydroxyl groups is 1. The minimum atomic E-state index is 0.0323. The van der Waals surface area contributed by atoms with Gasteiger partial charge in [0.1, 0.15) is 5.52 Å². The van der Waals surface area contributed by atoms with Crippen molar-refractivity contribution >= 4 is 33.4 Å². The normalized spacial score (nSPS) is 11.8. The standard InChI is InChI=1S/C12H9N5O2/c18-6-5-17-8-4-2-1-3-7(8)9-12(17)14-11-10(13-9)15-19-16-11/h1-4,18H,5-6H2. The number of para-hydroxylation sites is 1. The van der Waals surface area contributed by atoms with E-state index in [9.17, 15) is 5.11 Å². The van der Waals surface area contributed by atoms with Crippen LogP contribution in [0.4, 0.5) is 0 Å². The zero-order valence-electron chi connectivity index (χ0n) is 9.82. The lowest BCUT2D eigenvalue weighted by atomic mass is 10.2. The predicted molar refractivity (Wildman–Crippen MR) is 67.5 cm³/mol. The van der Waals surface area contributed by atoms with Crippen molar-refractivity contribution in [3.63, 3.8) is 0 Å². The topological polar surface area (TPSA) is 89.9 Å². The van der Waals surface area contributed by atoms with Crippen molar-refractivity contribution in [1.82, 2.24) is 24.8 Å². The summed E-state index contributed by atoms with van der Waals surface area (Å²) in [6.45, 7) is 0.486. The summed E-state index contributed by atoms with van der Waals surface area (Å²) < 4.78 is 6.56. The van der Waals surface area contributed by atoms with Crippen LogP contribution in [0.25, 0.3) is 33.4 Å². The molecule has 1 N–H and O–H groups in total. The number of nitrogens with zero attached hydrogens (tertiary/aromatic N) is 5. The van der Waals surface area contributed by atoms with Crippen LogP contribution in [-0.4, -0.2) is 36.6 Å². The van der Waals surface area contributed by atoms with E-state index in [2.05, 4.69) is 24.9 Å². The van der Waals surface area contributed by atoms with Gasteiger partial charge in [0, 0.05) is 11.9 Å². The molecule has 1 aromatic carbocycles. The second-order valence-corrected chi connectivity index (χ2v) is 4.20. The van der Waals surface area contributed by atoms with Crippen molar-refractivity contribution < 1.29 is 9.74 Å². The Morgan fingerprint density at radius 3 is 2.74 bits per heavy atom. The Kier molecular flexibility index (Phi) is 2.04. The molecule has 7 nitrogen and oxygen atoms in total. The van der Waals surface area contributed by atoms with Crippen molar-refractivity contribution in [3.8, 4) is 0 Å². The van der Waals surface area contributed by atoms with Gasteiger partial charge < -0.3 is 9.67 Å². The molecule has 0 bridgehead atoms. The Morgan fingerprint density at radius 1 is 1.11 bits per heavy atom. The van der Waals surface area contributed by atoms with Gasteiger partial charge >= 0.3 is 0 Å². The Bertz CT molecular complexity index is 895. The Balaban J connectivity index is 2.23. The Labute approximate surface area is 106 Å². The lowest BCUT2D eigenvalue weighted by molar-refractivity contribution is 0.279. The largest absolute Gasteiger partial charge is 0.395 e. The zero-order valence-corrected chi connectivity index (χ0v) is 9.82. The summed E-state index contributed by atoms with van der Waals surface area (Å²) in [7, 11) is 0. The molecule has 4 aromatic rings. The molecule has 0 spiro atoms. The highest BCUT2D eigenvalue weighted by Gasteiger charge is 2.15. The van der Waals surface area contributed by atoms with Crippen LogP contribution < -0.4 is 0 Å². The molecule has 0 fully saturated rings. The van der Waals surface area contributed by atoms with Crippen LogP contribution in [0.3, 0.4) is 0 Å². The van der Waals surface area contributed by atoms with Crippen molar-refractivity contribution in [2.45, 2.75) is 6.54 Å². The highest BCUT2D eigenvalue weighted by atomic mass is 16.6. The van der Waals surface area contributed by atoms with Gasteiger partial charge in [-0.3, -0.25) is 0 Å². The monoisotopic (exact) mass is 255 g/mol. The maximum absolute atomic E-state index is 9.21. The summed E-state index contributed by atoms with van der Waals surface area (Å²) in [4.78, 5) is 8.85. The number of hydrogen-bond acceptors (Lipinski definition) is 6. The van der Waals surface area contributed by atoms with E-state index in [-0.39, 0.29) is 6.61 Å². The number of hydrogen-bond donors (Lipinski definition) is 1. The molecule has 0 atom stereocenters. The van der Waals surface area contributed by atoms with Gasteiger partial charge in [0.25, 0.3) is 0 Å². The van der Waals surface area contributed by atoms with E-state index in [0.29, 0.717) is 23.5 Å². The summed E-state index contributed by atoms with van der Waals surface area (Å²) in [6.07, 6.45) is 0. The van der Waals surface area contributed by atoms with Gasteiger partial charge in [-0.1, -0.05) is 18.2 Å². The van der Waals surface area contributed by atoms with E-state index >= 15 is 0 Å². The summed E-state index contributed by atoms with van der Waals surface area (Å²) in [6, 6.07) is 7.84. The summed E-state index contributed by atoms with van der Waals surface area (Å²) >= 11 is 0. The lowest BCUT2D eigenvalue weighted by Gasteiger charge is -2.02. The lowest BCUT2D eigenvalue weighted by Crippen LogP contribution is -2.02. The SMILES string of the molecule is OCCn1c2ccccc2c2nc3nonc3nc21. The number of aromatic nitrogens is 5.